The molecule has 0 aromatic carbocycles. The number of thiazole rings is 1. The molecule has 22 heavy (non-hydrogen) atoms. The summed E-state index contributed by atoms with van der Waals surface area (Å²) in [6.07, 6.45) is 0. The van der Waals surface area contributed by atoms with Crippen molar-refractivity contribution in [2.45, 2.75) is 26.9 Å². The first-order valence-corrected chi connectivity index (χ1v) is 7.57. The highest BCUT2D eigenvalue weighted by molar-refractivity contribution is 7.11. The number of guanidine groups is 1. The monoisotopic (exact) mass is 321 g/mol. The molecule has 2 rings (SSSR count). The Morgan fingerprint density at radius 2 is 2.09 bits per heavy atom. The third-order valence-electron chi connectivity index (χ3n) is 3.04. The lowest BCUT2D eigenvalue weighted by molar-refractivity contribution is 0.0972. The van der Waals surface area contributed by atoms with E-state index >= 15 is 0 Å². The third-order valence-corrected chi connectivity index (χ3v) is 4.11. The number of furan rings is 1. The number of amides is 1. The summed E-state index contributed by atoms with van der Waals surface area (Å²) in [7, 11) is 1.69. The molecule has 0 atom stereocenters. The van der Waals surface area contributed by atoms with Gasteiger partial charge in [0.05, 0.1) is 18.8 Å². The van der Waals surface area contributed by atoms with Crippen molar-refractivity contribution in [3.05, 3.63) is 39.2 Å². The van der Waals surface area contributed by atoms with Crippen LogP contribution >= 0.6 is 11.3 Å². The van der Waals surface area contributed by atoms with Gasteiger partial charge in [0.1, 0.15) is 10.8 Å². The molecule has 2 aromatic heterocycles. The van der Waals surface area contributed by atoms with Crippen LogP contribution in [0.4, 0.5) is 0 Å². The second kappa shape index (κ2) is 7.08. The van der Waals surface area contributed by atoms with E-state index in [1.807, 2.05) is 6.92 Å². The lowest BCUT2D eigenvalue weighted by atomic mass is 10.4. The normalized spacial score (nSPS) is 11.5. The van der Waals surface area contributed by atoms with Crippen molar-refractivity contribution in [1.82, 2.24) is 15.6 Å². The number of carbonyl (C=O) groups excluding carboxylic acids is 1. The highest BCUT2D eigenvalue weighted by Crippen LogP contribution is 2.15. The smallest absolute Gasteiger partial charge is 0.284 e. The van der Waals surface area contributed by atoms with Gasteiger partial charge < -0.3 is 20.8 Å². The molecule has 1 amide bonds. The van der Waals surface area contributed by atoms with Gasteiger partial charge in [-0.05, 0) is 26.0 Å². The van der Waals surface area contributed by atoms with Gasteiger partial charge in [0.2, 0.25) is 0 Å². The van der Waals surface area contributed by atoms with E-state index in [-0.39, 0.29) is 5.76 Å². The zero-order valence-electron chi connectivity index (χ0n) is 12.8. The Hall–Kier alpha value is -2.35. The number of aromatic nitrogens is 1. The van der Waals surface area contributed by atoms with E-state index in [0.717, 1.165) is 10.7 Å². The molecule has 0 aliphatic heterocycles. The number of rotatable bonds is 5. The van der Waals surface area contributed by atoms with Crippen LogP contribution in [0.1, 0.15) is 31.9 Å². The van der Waals surface area contributed by atoms with Crippen molar-refractivity contribution in [2.75, 3.05) is 7.05 Å². The molecule has 4 N–H and O–H groups in total. The maximum Gasteiger partial charge on any atom is 0.284 e. The Labute approximate surface area is 132 Å². The van der Waals surface area contributed by atoms with Gasteiger partial charge in [-0.2, -0.15) is 0 Å². The maximum atomic E-state index is 11.0. The first-order chi connectivity index (χ1) is 10.5. The van der Waals surface area contributed by atoms with Crippen LogP contribution in [0.2, 0.25) is 0 Å². The minimum atomic E-state index is -0.580. The zero-order valence-corrected chi connectivity index (χ0v) is 13.6. The fraction of sp³-hybridized carbons (Fsp3) is 0.357. The lowest BCUT2D eigenvalue weighted by Gasteiger charge is -2.09. The second-order valence-corrected chi connectivity index (χ2v) is 5.95. The van der Waals surface area contributed by atoms with Gasteiger partial charge in [0, 0.05) is 11.9 Å². The fourth-order valence-electron chi connectivity index (χ4n) is 1.77. The van der Waals surface area contributed by atoms with Crippen molar-refractivity contribution in [2.24, 2.45) is 10.7 Å². The van der Waals surface area contributed by atoms with Crippen molar-refractivity contribution in [3.63, 3.8) is 0 Å². The lowest BCUT2D eigenvalue weighted by Crippen LogP contribution is -2.36. The van der Waals surface area contributed by atoms with Crippen LogP contribution in [0.25, 0.3) is 0 Å². The van der Waals surface area contributed by atoms with Crippen LogP contribution in [-0.2, 0) is 13.1 Å². The number of nitrogens with zero attached hydrogens (tertiary/aromatic N) is 2. The van der Waals surface area contributed by atoms with E-state index < -0.39 is 5.91 Å². The first-order valence-electron chi connectivity index (χ1n) is 6.75. The molecule has 0 saturated heterocycles. The molecule has 0 radical (unpaired) electrons. The van der Waals surface area contributed by atoms with Gasteiger partial charge in [-0.3, -0.25) is 9.79 Å². The molecule has 0 fully saturated rings. The molecule has 0 saturated carbocycles. The van der Waals surface area contributed by atoms with Crippen LogP contribution in [0.3, 0.4) is 0 Å². The van der Waals surface area contributed by atoms with Crippen LogP contribution in [-0.4, -0.2) is 23.9 Å². The predicted molar refractivity (Wildman–Crippen MR) is 85.9 cm³/mol. The molecule has 7 nitrogen and oxygen atoms in total. The van der Waals surface area contributed by atoms with Crippen molar-refractivity contribution in [1.29, 1.82) is 0 Å². The van der Waals surface area contributed by atoms with E-state index in [2.05, 4.69) is 27.5 Å². The molecule has 0 aliphatic rings. The molecule has 118 valence electrons. The highest BCUT2D eigenvalue weighted by atomic mass is 32.1. The van der Waals surface area contributed by atoms with Crippen LogP contribution in [0.15, 0.2) is 21.5 Å². The molecule has 0 bridgehead atoms. The number of aliphatic imine (C=N–C) groups is 1. The Morgan fingerprint density at radius 1 is 1.36 bits per heavy atom. The summed E-state index contributed by atoms with van der Waals surface area (Å²) in [5, 5.41) is 7.29. The Morgan fingerprint density at radius 3 is 2.64 bits per heavy atom. The van der Waals surface area contributed by atoms with Gasteiger partial charge in [-0.25, -0.2) is 4.98 Å². The SMILES string of the molecule is CN=C(NCc1ccc(C(N)=O)o1)NCc1nc(C)c(C)s1. The molecule has 0 aliphatic carbocycles. The Bertz CT molecular complexity index is 670. The summed E-state index contributed by atoms with van der Waals surface area (Å²) >= 11 is 1.66. The molecular formula is C14H19N5O2S. The van der Waals surface area contributed by atoms with Crippen molar-refractivity contribution >= 4 is 23.2 Å². The van der Waals surface area contributed by atoms with Crippen molar-refractivity contribution in [3.8, 4) is 0 Å². The van der Waals surface area contributed by atoms with E-state index in [9.17, 15) is 4.79 Å². The second-order valence-electron chi connectivity index (χ2n) is 4.66. The Kier molecular flexibility index (Phi) is 5.16. The summed E-state index contributed by atoms with van der Waals surface area (Å²) in [5.74, 6) is 0.803. The summed E-state index contributed by atoms with van der Waals surface area (Å²) < 4.78 is 5.29. The standard InChI is InChI=1S/C14H19N5O2S/c1-8-9(2)22-12(19-8)7-18-14(16-3)17-6-10-4-5-11(21-10)13(15)20/h4-5H,6-7H2,1-3H3,(H2,15,20)(H2,16,17,18). The van der Waals surface area contributed by atoms with Crippen LogP contribution in [0, 0.1) is 13.8 Å². The quantitative estimate of drug-likeness (QED) is 0.569. The summed E-state index contributed by atoms with van der Waals surface area (Å²) in [4.78, 5) is 20.8. The number of nitrogens with two attached hydrogens (primary N) is 1. The maximum absolute atomic E-state index is 11.0. The van der Waals surface area contributed by atoms with Gasteiger partial charge in [0.25, 0.3) is 5.91 Å². The number of hydrogen-bond donors (Lipinski definition) is 3. The van der Waals surface area contributed by atoms with Crippen LogP contribution < -0.4 is 16.4 Å². The fourth-order valence-corrected chi connectivity index (χ4v) is 2.64. The number of carbonyl (C=O) groups is 1. The molecule has 2 heterocycles. The highest BCUT2D eigenvalue weighted by Gasteiger charge is 2.08. The summed E-state index contributed by atoms with van der Waals surface area (Å²) in [5.41, 5.74) is 6.20. The van der Waals surface area contributed by atoms with Crippen LogP contribution in [0.5, 0.6) is 0 Å². The Balaban J connectivity index is 1.85. The zero-order chi connectivity index (χ0) is 16.1. The summed E-state index contributed by atoms with van der Waals surface area (Å²) in [6, 6.07) is 3.25. The van der Waals surface area contributed by atoms with E-state index in [1.165, 1.54) is 4.88 Å². The van der Waals surface area contributed by atoms with E-state index in [1.54, 1.807) is 30.5 Å². The molecule has 8 heteroatoms. The average molecular weight is 321 g/mol. The number of primary amides is 1. The van der Waals surface area contributed by atoms with Gasteiger partial charge in [0.15, 0.2) is 11.7 Å². The molecular weight excluding hydrogens is 302 g/mol. The molecule has 0 unspecified atom stereocenters. The number of aryl methyl sites for hydroxylation is 2. The minimum Gasteiger partial charge on any atom is -0.454 e. The molecule has 2 aromatic rings. The topological polar surface area (TPSA) is 106 Å². The predicted octanol–water partition coefficient (Wildman–Crippen LogP) is 1.32. The van der Waals surface area contributed by atoms with Gasteiger partial charge in [-0.15, -0.1) is 11.3 Å². The largest absolute Gasteiger partial charge is 0.454 e. The van der Waals surface area contributed by atoms with E-state index in [0.29, 0.717) is 24.8 Å². The number of nitrogens with one attached hydrogen (secondary N) is 2. The summed E-state index contributed by atoms with van der Waals surface area (Å²) in [6.45, 7) is 5.05. The third kappa shape index (κ3) is 4.08. The van der Waals surface area contributed by atoms with E-state index in [4.69, 9.17) is 10.2 Å². The van der Waals surface area contributed by atoms with Gasteiger partial charge >= 0.3 is 0 Å². The average Bonchev–Trinajstić information content (AvgIpc) is 3.07. The first kappa shape index (κ1) is 16.0. The minimum absolute atomic E-state index is 0.147. The molecule has 0 spiro atoms. The van der Waals surface area contributed by atoms with Crippen molar-refractivity contribution < 1.29 is 9.21 Å². The number of hydrogen-bond acceptors (Lipinski definition) is 5. The van der Waals surface area contributed by atoms with Gasteiger partial charge in [-0.1, -0.05) is 0 Å².